The first kappa shape index (κ1) is 12.4. The second kappa shape index (κ2) is 6.89. The van der Waals surface area contributed by atoms with Gasteiger partial charge in [0, 0.05) is 6.54 Å². The molecular formula is C10H21NO2. The zero-order valence-electron chi connectivity index (χ0n) is 9.17. The van der Waals surface area contributed by atoms with Gasteiger partial charge in [-0.1, -0.05) is 26.7 Å². The molecule has 0 rings (SSSR count). The molecule has 0 unspecified atom stereocenters. The summed E-state index contributed by atoms with van der Waals surface area (Å²) in [6.07, 6.45) is 2.34. The molecule has 0 spiro atoms. The highest BCUT2D eigenvalue weighted by molar-refractivity contribution is 5.71. The van der Waals surface area contributed by atoms with E-state index in [4.69, 9.17) is 0 Å². The van der Waals surface area contributed by atoms with Crippen molar-refractivity contribution in [3.63, 3.8) is 0 Å². The Hall–Kier alpha value is -0.570. The van der Waals surface area contributed by atoms with E-state index in [9.17, 15) is 4.79 Å². The Labute approximate surface area is 81.1 Å². The molecule has 0 aromatic heterocycles. The van der Waals surface area contributed by atoms with Gasteiger partial charge in [-0.2, -0.15) is 0 Å². The van der Waals surface area contributed by atoms with Crippen molar-refractivity contribution >= 4 is 5.97 Å². The summed E-state index contributed by atoms with van der Waals surface area (Å²) in [7, 11) is 3.38. The molecule has 0 N–H and O–H groups in total. The Morgan fingerprint density at radius 1 is 1.38 bits per heavy atom. The van der Waals surface area contributed by atoms with Gasteiger partial charge in [-0.05, 0) is 13.0 Å². The molecule has 0 aromatic carbocycles. The normalized spacial score (nSPS) is 10.9. The number of carbonyl (C=O) groups is 1. The van der Waals surface area contributed by atoms with E-state index >= 15 is 0 Å². The van der Waals surface area contributed by atoms with Gasteiger partial charge in [-0.25, -0.2) is 0 Å². The number of hydrogen-bond acceptors (Lipinski definition) is 3. The quantitative estimate of drug-likeness (QED) is 0.591. The maximum absolute atomic E-state index is 10.9. The molecular weight excluding hydrogens is 166 g/mol. The molecule has 0 saturated carbocycles. The number of likely N-dealkylation sites (N-methyl/N-ethyl adjacent to an activating group) is 1. The minimum Gasteiger partial charge on any atom is -0.468 e. The van der Waals surface area contributed by atoms with E-state index in [2.05, 4.69) is 18.6 Å². The summed E-state index contributed by atoms with van der Waals surface area (Å²) in [6, 6.07) is 0. The van der Waals surface area contributed by atoms with Gasteiger partial charge in [0.25, 0.3) is 0 Å². The molecule has 0 aliphatic carbocycles. The van der Waals surface area contributed by atoms with Crippen molar-refractivity contribution in [2.24, 2.45) is 5.92 Å². The topological polar surface area (TPSA) is 29.5 Å². The molecule has 0 atom stereocenters. The van der Waals surface area contributed by atoms with Crippen LogP contribution in [0.2, 0.25) is 0 Å². The lowest BCUT2D eigenvalue weighted by Gasteiger charge is -2.20. The fraction of sp³-hybridized carbons (Fsp3) is 0.900. The summed E-state index contributed by atoms with van der Waals surface area (Å²) in [5.74, 6) is 0.531. The van der Waals surface area contributed by atoms with Crippen molar-refractivity contribution in [1.29, 1.82) is 0 Å². The lowest BCUT2D eigenvalue weighted by atomic mass is 10.0. The lowest BCUT2D eigenvalue weighted by molar-refractivity contribution is -0.141. The van der Waals surface area contributed by atoms with Crippen LogP contribution < -0.4 is 0 Å². The molecule has 0 aliphatic rings. The third-order valence-electron chi connectivity index (χ3n) is 2.35. The van der Waals surface area contributed by atoms with E-state index in [1.54, 1.807) is 0 Å². The van der Waals surface area contributed by atoms with Crippen LogP contribution in [0.3, 0.4) is 0 Å². The monoisotopic (exact) mass is 187 g/mol. The predicted molar refractivity (Wildman–Crippen MR) is 53.6 cm³/mol. The summed E-state index contributed by atoms with van der Waals surface area (Å²) in [6.45, 7) is 5.73. The Morgan fingerprint density at radius 3 is 2.31 bits per heavy atom. The molecule has 13 heavy (non-hydrogen) atoms. The van der Waals surface area contributed by atoms with Gasteiger partial charge in [0.2, 0.25) is 0 Å². The van der Waals surface area contributed by atoms with Crippen molar-refractivity contribution in [3.8, 4) is 0 Å². The van der Waals surface area contributed by atoms with Crippen molar-refractivity contribution in [2.45, 2.75) is 26.7 Å². The van der Waals surface area contributed by atoms with Gasteiger partial charge in [0.05, 0.1) is 13.7 Å². The van der Waals surface area contributed by atoms with Crippen LogP contribution in [-0.2, 0) is 9.53 Å². The number of ether oxygens (including phenoxy) is 1. The number of methoxy groups -OCH3 is 1. The first-order valence-corrected chi connectivity index (χ1v) is 4.89. The Balaban J connectivity index is 3.71. The summed E-state index contributed by atoms with van der Waals surface area (Å²) >= 11 is 0. The van der Waals surface area contributed by atoms with Gasteiger partial charge >= 0.3 is 5.97 Å². The van der Waals surface area contributed by atoms with Gasteiger partial charge in [-0.3, -0.25) is 9.69 Å². The van der Waals surface area contributed by atoms with E-state index in [1.807, 2.05) is 11.9 Å². The van der Waals surface area contributed by atoms with Crippen molar-refractivity contribution in [1.82, 2.24) is 4.90 Å². The Bertz CT molecular complexity index is 144. The maximum Gasteiger partial charge on any atom is 0.319 e. The SMILES string of the molecule is CCC(CC)CN(C)CC(=O)OC. The smallest absolute Gasteiger partial charge is 0.319 e. The molecule has 3 heteroatoms. The fourth-order valence-electron chi connectivity index (χ4n) is 1.34. The molecule has 0 heterocycles. The summed E-state index contributed by atoms with van der Waals surface area (Å²) in [5.41, 5.74) is 0. The zero-order chi connectivity index (χ0) is 10.3. The standard InChI is InChI=1S/C10H21NO2/c1-5-9(6-2)7-11(3)8-10(12)13-4/h9H,5-8H2,1-4H3. The molecule has 3 nitrogen and oxygen atoms in total. The van der Waals surface area contributed by atoms with Gasteiger partial charge in [-0.15, -0.1) is 0 Å². The minimum atomic E-state index is -0.159. The minimum absolute atomic E-state index is 0.159. The lowest BCUT2D eigenvalue weighted by Crippen LogP contribution is -2.31. The molecule has 0 aliphatic heterocycles. The van der Waals surface area contributed by atoms with E-state index in [1.165, 1.54) is 20.0 Å². The molecule has 0 fully saturated rings. The third-order valence-corrected chi connectivity index (χ3v) is 2.35. The number of nitrogens with zero attached hydrogens (tertiary/aromatic N) is 1. The van der Waals surface area contributed by atoms with Crippen LogP contribution in [0, 0.1) is 5.92 Å². The van der Waals surface area contributed by atoms with Crippen molar-refractivity contribution in [2.75, 3.05) is 27.2 Å². The number of carbonyl (C=O) groups excluding carboxylic acids is 1. The average Bonchev–Trinajstić information content (AvgIpc) is 2.13. The summed E-state index contributed by atoms with van der Waals surface area (Å²) < 4.78 is 4.59. The average molecular weight is 187 g/mol. The molecule has 0 bridgehead atoms. The number of hydrogen-bond donors (Lipinski definition) is 0. The van der Waals surface area contributed by atoms with Crippen LogP contribution >= 0.6 is 0 Å². The fourth-order valence-corrected chi connectivity index (χ4v) is 1.34. The Morgan fingerprint density at radius 2 is 1.92 bits per heavy atom. The van der Waals surface area contributed by atoms with Crippen molar-refractivity contribution < 1.29 is 9.53 Å². The highest BCUT2D eigenvalue weighted by Gasteiger charge is 2.10. The molecule has 0 aromatic rings. The van der Waals surface area contributed by atoms with E-state index in [-0.39, 0.29) is 5.97 Å². The predicted octanol–water partition coefficient (Wildman–Crippen LogP) is 1.53. The summed E-state index contributed by atoms with van der Waals surface area (Å²) in [4.78, 5) is 12.9. The van der Waals surface area contributed by atoms with Gasteiger partial charge in [0.1, 0.15) is 0 Å². The van der Waals surface area contributed by atoms with Crippen LogP contribution in [0.5, 0.6) is 0 Å². The molecule has 0 saturated heterocycles. The zero-order valence-corrected chi connectivity index (χ0v) is 9.17. The summed E-state index contributed by atoms with van der Waals surface area (Å²) in [5, 5.41) is 0. The van der Waals surface area contributed by atoms with Crippen molar-refractivity contribution in [3.05, 3.63) is 0 Å². The highest BCUT2D eigenvalue weighted by atomic mass is 16.5. The first-order valence-electron chi connectivity index (χ1n) is 4.89. The number of esters is 1. The van der Waals surface area contributed by atoms with Gasteiger partial charge in [0.15, 0.2) is 0 Å². The van der Waals surface area contributed by atoms with Crippen LogP contribution in [0.15, 0.2) is 0 Å². The first-order chi connectivity index (χ1) is 6.13. The molecule has 78 valence electrons. The van der Waals surface area contributed by atoms with Gasteiger partial charge < -0.3 is 4.74 Å². The number of rotatable bonds is 6. The van der Waals surface area contributed by atoms with Crippen LogP contribution in [0.25, 0.3) is 0 Å². The van der Waals surface area contributed by atoms with E-state index < -0.39 is 0 Å². The highest BCUT2D eigenvalue weighted by Crippen LogP contribution is 2.08. The van der Waals surface area contributed by atoms with E-state index in [0.717, 1.165) is 6.54 Å². The largest absolute Gasteiger partial charge is 0.468 e. The third kappa shape index (κ3) is 5.64. The van der Waals surface area contributed by atoms with E-state index in [0.29, 0.717) is 12.5 Å². The van der Waals surface area contributed by atoms with Crippen LogP contribution in [-0.4, -0.2) is 38.1 Å². The van der Waals surface area contributed by atoms with Crippen LogP contribution in [0.1, 0.15) is 26.7 Å². The second-order valence-electron chi connectivity index (χ2n) is 3.46. The molecule has 0 radical (unpaired) electrons. The Kier molecular flexibility index (Phi) is 6.59. The van der Waals surface area contributed by atoms with Crippen LogP contribution in [0.4, 0.5) is 0 Å². The second-order valence-corrected chi connectivity index (χ2v) is 3.46. The maximum atomic E-state index is 10.9. The molecule has 0 amide bonds.